The van der Waals surface area contributed by atoms with Gasteiger partial charge in [-0.3, -0.25) is 9.89 Å². The van der Waals surface area contributed by atoms with Crippen molar-refractivity contribution < 1.29 is 9.53 Å². The monoisotopic (exact) mass is 301 g/mol. The van der Waals surface area contributed by atoms with E-state index >= 15 is 0 Å². The number of aromatic nitrogens is 2. The molecular weight excluding hydrogens is 286 g/mol. The van der Waals surface area contributed by atoms with Gasteiger partial charge in [-0.1, -0.05) is 24.8 Å². The summed E-state index contributed by atoms with van der Waals surface area (Å²) in [4.78, 5) is 11.7. The molecule has 2 N–H and O–H groups in total. The molecule has 0 saturated carbocycles. The van der Waals surface area contributed by atoms with Crippen LogP contribution in [0.4, 0.5) is 5.82 Å². The number of nitrogens with one attached hydrogen (secondary N) is 2. The van der Waals surface area contributed by atoms with Crippen LogP contribution in [0, 0.1) is 0 Å². The van der Waals surface area contributed by atoms with Crippen LogP contribution in [-0.4, -0.2) is 28.5 Å². The van der Waals surface area contributed by atoms with Crippen LogP contribution in [0.3, 0.4) is 0 Å². The van der Waals surface area contributed by atoms with Crippen LogP contribution in [0.25, 0.3) is 0 Å². The summed E-state index contributed by atoms with van der Waals surface area (Å²) in [7, 11) is 0. The molecule has 1 aliphatic heterocycles. The van der Waals surface area contributed by atoms with Crippen molar-refractivity contribution in [3.63, 3.8) is 0 Å². The van der Waals surface area contributed by atoms with E-state index in [1.54, 1.807) is 24.0 Å². The number of anilines is 1. The topological polar surface area (TPSA) is 67.0 Å². The van der Waals surface area contributed by atoms with Crippen LogP contribution in [-0.2, 0) is 4.79 Å². The first-order valence-corrected chi connectivity index (χ1v) is 7.61. The van der Waals surface area contributed by atoms with Crippen LogP contribution in [0.1, 0.15) is 16.4 Å². The Morgan fingerprint density at radius 3 is 3.29 bits per heavy atom. The summed E-state index contributed by atoms with van der Waals surface area (Å²) in [5, 5.41) is 9.74. The number of hydrogen-bond donors (Lipinski definition) is 2. The third-order valence-corrected chi connectivity index (χ3v) is 4.41. The Morgan fingerprint density at radius 1 is 1.52 bits per heavy atom. The number of hydrogen-bond acceptors (Lipinski definition) is 4. The number of fused-ring (bicyclic) bond motifs is 1. The van der Waals surface area contributed by atoms with E-state index < -0.39 is 0 Å². The molecule has 0 saturated heterocycles. The zero-order valence-corrected chi connectivity index (χ0v) is 12.2. The predicted molar refractivity (Wildman–Crippen MR) is 83.7 cm³/mol. The lowest BCUT2D eigenvalue weighted by Crippen LogP contribution is -2.12. The number of rotatable bonds is 4. The molecule has 2 aromatic rings. The van der Waals surface area contributed by atoms with Gasteiger partial charge < -0.3 is 10.1 Å². The molecule has 6 heteroatoms. The third kappa shape index (κ3) is 2.95. The molecule has 1 aromatic heterocycles. The highest BCUT2D eigenvalue weighted by atomic mass is 32.2. The van der Waals surface area contributed by atoms with Crippen molar-refractivity contribution in [2.75, 3.05) is 17.7 Å². The first kappa shape index (κ1) is 13.8. The number of aromatic amines is 1. The zero-order chi connectivity index (χ0) is 14.7. The minimum Gasteiger partial charge on any atom is -0.490 e. The molecule has 0 fully saturated rings. The number of benzene rings is 1. The van der Waals surface area contributed by atoms with Crippen LogP contribution in [0.5, 0.6) is 5.75 Å². The fourth-order valence-electron chi connectivity index (χ4n) is 2.22. The van der Waals surface area contributed by atoms with Crippen molar-refractivity contribution in [2.24, 2.45) is 0 Å². The standard InChI is InChI=1S/C15H15N3O2S/c1-2-6-20-11-5-3-4-10(7-11)14-12-8-16-18-15(12)17-13(19)9-21-14/h2-5,7-8,14H,1,6,9H2,(H2,16,17,18,19). The molecule has 2 heterocycles. The average Bonchev–Trinajstić information content (AvgIpc) is 2.88. The molecule has 108 valence electrons. The summed E-state index contributed by atoms with van der Waals surface area (Å²) in [5.74, 6) is 1.85. The summed E-state index contributed by atoms with van der Waals surface area (Å²) in [6.07, 6.45) is 3.47. The maximum absolute atomic E-state index is 11.7. The lowest BCUT2D eigenvalue weighted by molar-refractivity contribution is -0.113. The maximum Gasteiger partial charge on any atom is 0.235 e. The second-order valence-electron chi connectivity index (χ2n) is 4.61. The van der Waals surface area contributed by atoms with E-state index in [0.717, 1.165) is 16.9 Å². The lowest BCUT2D eigenvalue weighted by Gasteiger charge is -2.15. The summed E-state index contributed by atoms with van der Waals surface area (Å²) < 4.78 is 5.58. The van der Waals surface area contributed by atoms with E-state index in [-0.39, 0.29) is 11.2 Å². The van der Waals surface area contributed by atoms with Gasteiger partial charge in [0.25, 0.3) is 0 Å². The zero-order valence-electron chi connectivity index (χ0n) is 11.3. The van der Waals surface area contributed by atoms with Gasteiger partial charge in [-0.2, -0.15) is 5.10 Å². The molecule has 1 amide bonds. The SMILES string of the molecule is C=CCOc1cccc(C2SCC(=O)Nc3[nH]ncc32)c1. The number of H-pyrrole nitrogens is 1. The second-order valence-corrected chi connectivity index (χ2v) is 5.71. The lowest BCUT2D eigenvalue weighted by atomic mass is 10.1. The van der Waals surface area contributed by atoms with E-state index in [1.807, 2.05) is 24.3 Å². The van der Waals surface area contributed by atoms with E-state index in [0.29, 0.717) is 18.2 Å². The molecule has 0 aliphatic carbocycles. The highest BCUT2D eigenvalue weighted by Crippen LogP contribution is 2.41. The van der Waals surface area contributed by atoms with Crippen LogP contribution in [0.2, 0.25) is 0 Å². The van der Waals surface area contributed by atoms with Gasteiger partial charge in [-0.05, 0) is 17.7 Å². The number of amides is 1. The smallest absolute Gasteiger partial charge is 0.235 e. The Labute approximate surface area is 126 Å². The average molecular weight is 301 g/mol. The van der Waals surface area contributed by atoms with Gasteiger partial charge in [0.15, 0.2) is 0 Å². The number of nitrogens with zero attached hydrogens (tertiary/aromatic N) is 1. The Morgan fingerprint density at radius 2 is 2.43 bits per heavy atom. The summed E-state index contributed by atoms with van der Waals surface area (Å²) in [6, 6.07) is 7.89. The molecular formula is C15H15N3O2S. The van der Waals surface area contributed by atoms with Gasteiger partial charge in [0.2, 0.25) is 5.91 Å². The van der Waals surface area contributed by atoms with E-state index in [9.17, 15) is 4.79 Å². The number of carbonyl (C=O) groups is 1. The van der Waals surface area contributed by atoms with Gasteiger partial charge in [0.05, 0.1) is 17.2 Å². The summed E-state index contributed by atoms with van der Waals surface area (Å²) >= 11 is 1.58. The van der Waals surface area contributed by atoms with Crippen molar-refractivity contribution >= 4 is 23.5 Å². The molecule has 0 bridgehead atoms. The van der Waals surface area contributed by atoms with E-state index in [2.05, 4.69) is 22.1 Å². The molecule has 0 radical (unpaired) electrons. The highest BCUT2D eigenvalue weighted by Gasteiger charge is 2.25. The molecule has 1 aliphatic rings. The van der Waals surface area contributed by atoms with Crippen molar-refractivity contribution in [2.45, 2.75) is 5.25 Å². The number of carbonyl (C=O) groups excluding carboxylic acids is 1. The molecule has 21 heavy (non-hydrogen) atoms. The van der Waals surface area contributed by atoms with Crippen molar-refractivity contribution in [1.29, 1.82) is 0 Å². The highest BCUT2D eigenvalue weighted by molar-refractivity contribution is 8.00. The molecule has 3 rings (SSSR count). The first-order valence-electron chi connectivity index (χ1n) is 6.56. The minimum atomic E-state index is -0.0212. The van der Waals surface area contributed by atoms with E-state index in [1.165, 1.54) is 0 Å². The number of ether oxygens (including phenoxy) is 1. The van der Waals surface area contributed by atoms with Crippen LogP contribution >= 0.6 is 11.8 Å². The Balaban J connectivity index is 1.93. The molecule has 1 unspecified atom stereocenters. The van der Waals surface area contributed by atoms with E-state index in [4.69, 9.17) is 4.74 Å². The summed E-state index contributed by atoms with van der Waals surface area (Å²) in [5.41, 5.74) is 2.06. The fourth-order valence-corrected chi connectivity index (χ4v) is 3.30. The minimum absolute atomic E-state index is 0.0212. The Kier molecular flexibility index (Phi) is 3.96. The third-order valence-electron chi connectivity index (χ3n) is 3.13. The largest absolute Gasteiger partial charge is 0.490 e. The van der Waals surface area contributed by atoms with Gasteiger partial charge in [0, 0.05) is 5.56 Å². The fraction of sp³-hybridized carbons (Fsp3) is 0.200. The quantitative estimate of drug-likeness (QED) is 0.852. The van der Waals surface area contributed by atoms with Crippen LogP contribution < -0.4 is 10.1 Å². The van der Waals surface area contributed by atoms with Crippen molar-refractivity contribution in [1.82, 2.24) is 10.2 Å². The normalized spacial score (nSPS) is 17.5. The van der Waals surface area contributed by atoms with Gasteiger partial charge in [-0.15, -0.1) is 11.8 Å². The molecule has 1 aromatic carbocycles. The van der Waals surface area contributed by atoms with Gasteiger partial charge >= 0.3 is 0 Å². The van der Waals surface area contributed by atoms with Crippen molar-refractivity contribution in [3.8, 4) is 5.75 Å². The first-order chi connectivity index (χ1) is 10.3. The molecule has 5 nitrogen and oxygen atoms in total. The molecule has 1 atom stereocenters. The molecule has 0 spiro atoms. The Bertz CT molecular complexity index is 668. The second kappa shape index (κ2) is 6.05. The number of thioether (sulfide) groups is 1. The van der Waals surface area contributed by atoms with Gasteiger partial charge in [-0.25, -0.2) is 0 Å². The Hall–Kier alpha value is -2.21. The predicted octanol–water partition coefficient (Wildman–Crippen LogP) is 2.75. The van der Waals surface area contributed by atoms with Crippen molar-refractivity contribution in [3.05, 3.63) is 54.2 Å². The summed E-state index contributed by atoms with van der Waals surface area (Å²) in [6.45, 7) is 4.11. The maximum atomic E-state index is 11.7. The van der Waals surface area contributed by atoms with Crippen LogP contribution in [0.15, 0.2) is 43.1 Å². The van der Waals surface area contributed by atoms with Gasteiger partial charge in [0.1, 0.15) is 18.2 Å².